The fraction of sp³-hybridized carbons (Fsp3) is 0.167. The van der Waals surface area contributed by atoms with Crippen LogP contribution in [0.1, 0.15) is 25.3 Å². The molecule has 2 aromatic carbocycles. The van der Waals surface area contributed by atoms with Gasteiger partial charge in [-0.3, -0.25) is 9.59 Å². The number of amides is 2. The minimum absolute atomic E-state index is 0.0164. The number of hydrogen-bond donors (Lipinski definition) is 2. The molecule has 0 atom stereocenters. The highest BCUT2D eigenvalue weighted by molar-refractivity contribution is 9.10. The summed E-state index contributed by atoms with van der Waals surface area (Å²) in [7, 11) is 0. The quantitative estimate of drug-likeness (QED) is 0.565. The Morgan fingerprint density at radius 1 is 1.00 bits per heavy atom. The van der Waals surface area contributed by atoms with Gasteiger partial charge in [-0.1, -0.05) is 28.1 Å². The molecule has 0 aliphatic carbocycles. The molecule has 2 aromatic rings. The van der Waals surface area contributed by atoms with Gasteiger partial charge in [0.15, 0.2) is 0 Å². The lowest BCUT2D eigenvalue weighted by Gasteiger charge is -2.05. The Labute approximate surface area is 153 Å². The number of halogens is 2. The fourth-order valence-corrected chi connectivity index (χ4v) is 2.21. The molecule has 0 aliphatic heterocycles. The molecule has 25 heavy (non-hydrogen) atoms. The first-order valence-electron chi connectivity index (χ1n) is 7.58. The summed E-state index contributed by atoms with van der Waals surface area (Å²) in [6.45, 7) is 1.70. The van der Waals surface area contributed by atoms with Gasteiger partial charge in [-0.15, -0.1) is 0 Å². The molecule has 0 spiro atoms. The van der Waals surface area contributed by atoms with E-state index < -0.39 is 0 Å². The maximum Gasteiger partial charge on any atom is 0.240 e. The van der Waals surface area contributed by atoms with Gasteiger partial charge >= 0.3 is 0 Å². The lowest BCUT2D eigenvalue weighted by Crippen LogP contribution is -2.21. The first-order chi connectivity index (χ1) is 11.9. The molecule has 0 bridgehead atoms. The van der Waals surface area contributed by atoms with E-state index >= 15 is 0 Å². The van der Waals surface area contributed by atoms with Crippen LogP contribution in [-0.4, -0.2) is 17.5 Å². The highest BCUT2D eigenvalue weighted by atomic mass is 79.9. The lowest BCUT2D eigenvalue weighted by atomic mass is 10.1. The van der Waals surface area contributed by atoms with Crippen molar-refractivity contribution in [2.45, 2.75) is 19.8 Å². The van der Waals surface area contributed by atoms with E-state index in [0.29, 0.717) is 17.0 Å². The average molecular weight is 406 g/mol. The Morgan fingerprint density at radius 3 is 2.24 bits per heavy atom. The summed E-state index contributed by atoms with van der Waals surface area (Å²) in [5.41, 5.74) is 4.31. The number of anilines is 1. The number of nitrogens with zero attached hydrogens (tertiary/aromatic N) is 1. The second kappa shape index (κ2) is 9.08. The average Bonchev–Trinajstić information content (AvgIpc) is 2.60. The van der Waals surface area contributed by atoms with Crippen molar-refractivity contribution in [2.24, 2.45) is 5.10 Å². The first-order valence-corrected chi connectivity index (χ1v) is 8.38. The molecule has 0 fully saturated rings. The Bertz CT molecular complexity index is 774. The van der Waals surface area contributed by atoms with Gasteiger partial charge in [0.1, 0.15) is 5.82 Å². The van der Waals surface area contributed by atoms with Gasteiger partial charge in [-0.25, -0.2) is 9.82 Å². The molecule has 0 aliphatic rings. The maximum atomic E-state index is 12.9. The molecule has 0 aromatic heterocycles. The summed E-state index contributed by atoms with van der Waals surface area (Å²) >= 11 is 3.31. The van der Waals surface area contributed by atoms with Crippen LogP contribution < -0.4 is 10.7 Å². The number of hydrazone groups is 1. The summed E-state index contributed by atoms with van der Waals surface area (Å²) < 4.78 is 13.8. The molecule has 0 saturated carbocycles. The van der Waals surface area contributed by atoms with Crippen molar-refractivity contribution in [1.29, 1.82) is 0 Å². The number of carbonyl (C=O) groups excluding carboxylic acids is 2. The summed E-state index contributed by atoms with van der Waals surface area (Å²) in [6.07, 6.45) is 0.0651. The highest BCUT2D eigenvalue weighted by Gasteiger charge is 2.07. The molecule has 7 heteroatoms. The predicted octanol–water partition coefficient (Wildman–Crippen LogP) is 3.85. The van der Waals surface area contributed by atoms with E-state index in [9.17, 15) is 14.0 Å². The van der Waals surface area contributed by atoms with Crippen molar-refractivity contribution in [3.8, 4) is 0 Å². The molecule has 2 N–H and O–H groups in total. The maximum absolute atomic E-state index is 12.9. The summed E-state index contributed by atoms with van der Waals surface area (Å²) in [5.74, 6) is -0.957. The molecular weight excluding hydrogens is 389 g/mol. The van der Waals surface area contributed by atoms with Crippen LogP contribution in [0.4, 0.5) is 10.1 Å². The Kier molecular flexibility index (Phi) is 6.82. The van der Waals surface area contributed by atoms with E-state index in [1.165, 1.54) is 12.1 Å². The molecule has 2 amide bonds. The largest absolute Gasteiger partial charge is 0.326 e. The van der Waals surface area contributed by atoms with E-state index in [1.807, 2.05) is 12.1 Å². The van der Waals surface area contributed by atoms with Crippen LogP contribution in [0, 0.1) is 5.82 Å². The second-order valence-electron chi connectivity index (χ2n) is 5.29. The Balaban J connectivity index is 1.77. The van der Waals surface area contributed by atoms with Crippen LogP contribution in [0.25, 0.3) is 0 Å². The minimum atomic E-state index is -0.368. The minimum Gasteiger partial charge on any atom is -0.326 e. The van der Waals surface area contributed by atoms with E-state index in [1.54, 1.807) is 31.2 Å². The lowest BCUT2D eigenvalue weighted by molar-refractivity contribution is -0.124. The van der Waals surface area contributed by atoms with Gasteiger partial charge < -0.3 is 5.32 Å². The van der Waals surface area contributed by atoms with Crippen LogP contribution in [0.2, 0.25) is 0 Å². The third kappa shape index (κ3) is 6.46. The zero-order valence-corrected chi connectivity index (χ0v) is 15.1. The predicted molar refractivity (Wildman–Crippen MR) is 98.8 cm³/mol. The molecule has 130 valence electrons. The summed E-state index contributed by atoms with van der Waals surface area (Å²) in [4.78, 5) is 23.6. The standard InChI is InChI=1S/C18H17BrFN3O2/c1-12(13-2-6-15(20)7-3-13)22-23-18(25)11-10-17(24)21-16-8-4-14(19)5-9-16/h2-9H,10-11H2,1H3,(H,21,24)(H,23,25)/b22-12-. The van der Waals surface area contributed by atoms with Crippen LogP contribution in [0.3, 0.4) is 0 Å². The van der Waals surface area contributed by atoms with Gasteiger partial charge in [0.05, 0.1) is 5.71 Å². The van der Waals surface area contributed by atoms with Crippen molar-refractivity contribution in [1.82, 2.24) is 5.43 Å². The van der Waals surface area contributed by atoms with Gasteiger partial charge in [0, 0.05) is 23.0 Å². The third-order valence-electron chi connectivity index (χ3n) is 3.32. The molecule has 0 saturated heterocycles. The van der Waals surface area contributed by atoms with Crippen molar-refractivity contribution < 1.29 is 14.0 Å². The van der Waals surface area contributed by atoms with Gasteiger partial charge in [-0.2, -0.15) is 5.10 Å². The van der Waals surface area contributed by atoms with E-state index in [-0.39, 0.29) is 30.5 Å². The normalized spacial score (nSPS) is 11.1. The molecule has 0 unspecified atom stereocenters. The molecule has 5 nitrogen and oxygen atoms in total. The summed E-state index contributed by atoms with van der Waals surface area (Å²) in [6, 6.07) is 12.9. The van der Waals surface area contributed by atoms with Gasteiger partial charge in [0.25, 0.3) is 0 Å². The van der Waals surface area contributed by atoms with Crippen LogP contribution in [-0.2, 0) is 9.59 Å². The molecule has 0 radical (unpaired) electrons. The molecular formula is C18H17BrFN3O2. The number of hydrogen-bond acceptors (Lipinski definition) is 3. The highest BCUT2D eigenvalue weighted by Crippen LogP contribution is 2.14. The van der Waals surface area contributed by atoms with E-state index in [0.717, 1.165) is 4.47 Å². The monoisotopic (exact) mass is 405 g/mol. The number of carbonyl (C=O) groups is 2. The van der Waals surface area contributed by atoms with Crippen molar-refractivity contribution in [2.75, 3.05) is 5.32 Å². The van der Waals surface area contributed by atoms with Gasteiger partial charge in [-0.05, 0) is 48.9 Å². The smallest absolute Gasteiger partial charge is 0.240 e. The number of rotatable bonds is 6. The molecule has 0 heterocycles. The van der Waals surface area contributed by atoms with Crippen molar-refractivity contribution >= 4 is 39.1 Å². The topological polar surface area (TPSA) is 70.6 Å². The number of nitrogens with one attached hydrogen (secondary N) is 2. The van der Waals surface area contributed by atoms with Crippen molar-refractivity contribution in [3.05, 3.63) is 64.4 Å². The fourth-order valence-electron chi connectivity index (χ4n) is 1.94. The Hall–Kier alpha value is -2.54. The number of benzene rings is 2. The van der Waals surface area contributed by atoms with Crippen LogP contribution in [0.5, 0.6) is 0 Å². The SMILES string of the molecule is C/C(=N/NC(=O)CCC(=O)Nc1ccc(Br)cc1)c1ccc(F)cc1. The zero-order chi connectivity index (χ0) is 18.2. The third-order valence-corrected chi connectivity index (χ3v) is 3.85. The van der Waals surface area contributed by atoms with E-state index in [4.69, 9.17) is 0 Å². The summed E-state index contributed by atoms with van der Waals surface area (Å²) in [5, 5.41) is 6.66. The second-order valence-corrected chi connectivity index (χ2v) is 6.21. The van der Waals surface area contributed by atoms with Crippen LogP contribution >= 0.6 is 15.9 Å². The zero-order valence-electron chi connectivity index (χ0n) is 13.6. The van der Waals surface area contributed by atoms with Crippen molar-refractivity contribution in [3.63, 3.8) is 0 Å². The van der Waals surface area contributed by atoms with Gasteiger partial charge in [0.2, 0.25) is 11.8 Å². The van der Waals surface area contributed by atoms with Crippen LogP contribution in [0.15, 0.2) is 58.1 Å². The first kappa shape index (κ1) is 18.8. The van der Waals surface area contributed by atoms with E-state index in [2.05, 4.69) is 31.8 Å². The molecule has 2 rings (SSSR count). The Morgan fingerprint density at radius 2 is 1.60 bits per heavy atom.